The highest BCUT2D eigenvalue weighted by atomic mass is 32.2. The Labute approximate surface area is 147 Å². The second-order valence-corrected chi connectivity index (χ2v) is 8.02. The summed E-state index contributed by atoms with van der Waals surface area (Å²) in [5.41, 5.74) is 0.0132. The summed E-state index contributed by atoms with van der Waals surface area (Å²) in [5.74, 6) is -0.0467. The number of benzene rings is 1. The van der Waals surface area contributed by atoms with Crippen molar-refractivity contribution in [3.63, 3.8) is 0 Å². The maximum atomic E-state index is 12.5. The van der Waals surface area contributed by atoms with Crippen LogP contribution in [0.15, 0.2) is 18.2 Å². The van der Waals surface area contributed by atoms with Gasteiger partial charge in [0.2, 0.25) is 10.0 Å². The van der Waals surface area contributed by atoms with Crippen LogP contribution in [0.3, 0.4) is 0 Å². The van der Waals surface area contributed by atoms with Crippen LogP contribution in [-0.2, 0) is 14.8 Å². The molecule has 0 bridgehead atoms. The zero-order valence-corrected chi connectivity index (χ0v) is 15.3. The maximum absolute atomic E-state index is 12.5. The highest BCUT2D eigenvalue weighted by Crippen LogP contribution is 2.34. The first-order valence-electron chi connectivity index (χ1n) is 7.93. The van der Waals surface area contributed by atoms with Crippen molar-refractivity contribution in [3.8, 4) is 5.75 Å². The Morgan fingerprint density at radius 2 is 2.00 bits per heavy atom. The number of morpholine rings is 1. The molecule has 1 aromatic rings. The van der Waals surface area contributed by atoms with Crippen LogP contribution in [-0.4, -0.2) is 62.4 Å². The van der Waals surface area contributed by atoms with Gasteiger partial charge in [-0.1, -0.05) is 6.07 Å². The second-order valence-electron chi connectivity index (χ2n) is 5.93. The number of hydrogen-bond acceptors (Lipinski definition) is 7. The molecule has 140 valence electrons. The Kier molecular flexibility index (Phi) is 6.20. The predicted octanol–water partition coefficient (Wildman–Crippen LogP) is 1.45. The fraction of sp³-hybridized carbons (Fsp3) is 0.600. The number of nitrogens with one attached hydrogen (secondary N) is 1. The van der Waals surface area contributed by atoms with Gasteiger partial charge in [0.15, 0.2) is 5.75 Å². The van der Waals surface area contributed by atoms with E-state index >= 15 is 0 Å². The van der Waals surface area contributed by atoms with Crippen LogP contribution in [0.1, 0.15) is 13.8 Å². The number of hydrogen-bond donors (Lipinski definition) is 1. The monoisotopic (exact) mass is 373 g/mol. The largest absolute Gasteiger partial charge is 0.490 e. The van der Waals surface area contributed by atoms with Crippen LogP contribution in [0, 0.1) is 10.1 Å². The van der Waals surface area contributed by atoms with Crippen molar-refractivity contribution < 1.29 is 22.8 Å². The number of nitro groups is 1. The molecule has 0 aliphatic carbocycles. The average Bonchev–Trinajstić information content (AvgIpc) is 2.53. The molecule has 1 aliphatic rings. The molecule has 25 heavy (non-hydrogen) atoms. The topological polar surface area (TPSA) is 111 Å². The first kappa shape index (κ1) is 19.4. The van der Waals surface area contributed by atoms with E-state index in [0.717, 1.165) is 0 Å². The fourth-order valence-corrected chi connectivity index (χ4v) is 4.31. The molecule has 1 aliphatic heterocycles. The molecule has 2 rings (SSSR count). The predicted molar refractivity (Wildman–Crippen MR) is 93.5 cm³/mol. The minimum atomic E-state index is -3.48. The third-order valence-corrected chi connectivity index (χ3v) is 5.66. The van der Waals surface area contributed by atoms with Crippen molar-refractivity contribution in [2.45, 2.75) is 26.1 Å². The summed E-state index contributed by atoms with van der Waals surface area (Å²) < 4.78 is 36.9. The minimum Gasteiger partial charge on any atom is -0.490 e. The van der Waals surface area contributed by atoms with E-state index in [2.05, 4.69) is 5.32 Å². The van der Waals surface area contributed by atoms with E-state index in [0.29, 0.717) is 13.1 Å². The smallest absolute Gasteiger partial charge is 0.333 e. The van der Waals surface area contributed by atoms with Gasteiger partial charge in [0.25, 0.3) is 0 Å². The second kappa shape index (κ2) is 7.98. The molecular formula is C15H23N3O6S. The van der Waals surface area contributed by atoms with Crippen molar-refractivity contribution in [1.82, 2.24) is 4.31 Å². The Morgan fingerprint density at radius 1 is 1.36 bits per heavy atom. The molecular weight excluding hydrogens is 350 g/mol. The molecule has 1 aromatic carbocycles. The third-order valence-electron chi connectivity index (χ3n) is 3.86. The van der Waals surface area contributed by atoms with Crippen LogP contribution in [0.5, 0.6) is 5.75 Å². The van der Waals surface area contributed by atoms with E-state index < -0.39 is 14.9 Å². The Bertz CT molecular complexity index is 714. The number of rotatable bonds is 7. The fourth-order valence-electron chi connectivity index (χ4n) is 2.82. The molecule has 2 atom stereocenters. The van der Waals surface area contributed by atoms with Crippen molar-refractivity contribution in [2.24, 2.45) is 0 Å². The van der Waals surface area contributed by atoms with Gasteiger partial charge in [0.05, 0.1) is 30.0 Å². The normalized spacial score (nSPS) is 21.7. The Hall–Kier alpha value is -1.91. The maximum Gasteiger partial charge on any atom is 0.333 e. The Balaban J connectivity index is 2.04. The first-order valence-corrected chi connectivity index (χ1v) is 9.54. The average molecular weight is 373 g/mol. The van der Waals surface area contributed by atoms with E-state index in [9.17, 15) is 18.5 Å². The third kappa shape index (κ3) is 4.80. The standard InChI is InChI=1S/C15H23N3O6S/c1-11-9-17(10-12(2)24-11)25(21,22)8-7-16-13-5-4-6-14(23-3)15(13)18(19)20/h4-6,11-12,16H,7-10H2,1-3H3/t11-,12+. The van der Waals surface area contributed by atoms with E-state index in [1.165, 1.54) is 23.5 Å². The lowest BCUT2D eigenvalue weighted by Gasteiger charge is -2.34. The summed E-state index contributed by atoms with van der Waals surface area (Å²) in [6, 6.07) is 4.61. The van der Waals surface area contributed by atoms with E-state index in [1.807, 2.05) is 13.8 Å². The molecule has 10 heteroatoms. The van der Waals surface area contributed by atoms with E-state index in [1.54, 1.807) is 6.07 Å². The number of ether oxygens (including phenoxy) is 2. The van der Waals surface area contributed by atoms with Crippen LogP contribution >= 0.6 is 0 Å². The molecule has 0 spiro atoms. The summed E-state index contributed by atoms with van der Waals surface area (Å²) in [5, 5.41) is 14.1. The van der Waals surface area contributed by atoms with Gasteiger partial charge in [-0.25, -0.2) is 8.42 Å². The molecule has 0 radical (unpaired) electrons. The number of para-hydroxylation sites is 1. The molecule has 0 unspecified atom stereocenters. The zero-order valence-electron chi connectivity index (χ0n) is 14.5. The molecule has 9 nitrogen and oxygen atoms in total. The van der Waals surface area contributed by atoms with Crippen LogP contribution in [0.4, 0.5) is 11.4 Å². The zero-order chi connectivity index (χ0) is 18.6. The summed E-state index contributed by atoms with van der Waals surface area (Å²) in [4.78, 5) is 10.7. The summed E-state index contributed by atoms with van der Waals surface area (Å²) in [7, 11) is -2.13. The molecule has 0 aromatic heterocycles. The van der Waals surface area contributed by atoms with Gasteiger partial charge in [-0.05, 0) is 26.0 Å². The number of sulfonamides is 1. The SMILES string of the molecule is COc1cccc(NCCS(=O)(=O)N2C[C@@H](C)O[C@@H](C)C2)c1[N+](=O)[O-]. The summed E-state index contributed by atoms with van der Waals surface area (Å²) in [6.07, 6.45) is -0.322. The van der Waals surface area contributed by atoms with Gasteiger partial charge in [-0.3, -0.25) is 10.1 Å². The molecule has 0 amide bonds. The summed E-state index contributed by atoms with van der Waals surface area (Å²) in [6.45, 7) is 4.33. The first-order chi connectivity index (χ1) is 11.7. The van der Waals surface area contributed by atoms with E-state index in [-0.39, 0.29) is 41.6 Å². The highest BCUT2D eigenvalue weighted by Gasteiger charge is 2.30. The van der Waals surface area contributed by atoms with E-state index in [4.69, 9.17) is 9.47 Å². The summed E-state index contributed by atoms with van der Waals surface area (Å²) >= 11 is 0. The quantitative estimate of drug-likeness (QED) is 0.569. The lowest BCUT2D eigenvalue weighted by molar-refractivity contribution is -0.384. The van der Waals surface area contributed by atoms with Gasteiger partial charge in [-0.2, -0.15) is 4.31 Å². The Morgan fingerprint density at radius 3 is 2.56 bits per heavy atom. The number of methoxy groups -OCH3 is 1. The lowest BCUT2D eigenvalue weighted by atomic mass is 10.2. The van der Waals surface area contributed by atoms with Gasteiger partial charge in [-0.15, -0.1) is 0 Å². The molecule has 1 saturated heterocycles. The molecule has 1 fully saturated rings. The highest BCUT2D eigenvalue weighted by molar-refractivity contribution is 7.89. The van der Waals surface area contributed by atoms with Gasteiger partial charge >= 0.3 is 5.69 Å². The number of nitro benzene ring substituents is 1. The van der Waals surface area contributed by atoms with Crippen LogP contribution in [0.2, 0.25) is 0 Å². The molecule has 1 heterocycles. The molecule has 1 N–H and O–H groups in total. The molecule has 0 saturated carbocycles. The lowest BCUT2D eigenvalue weighted by Crippen LogP contribution is -2.49. The minimum absolute atomic E-state index is 0.0520. The van der Waals surface area contributed by atoms with Crippen molar-refractivity contribution in [1.29, 1.82) is 0 Å². The van der Waals surface area contributed by atoms with Gasteiger partial charge in [0.1, 0.15) is 5.69 Å². The van der Waals surface area contributed by atoms with Gasteiger partial charge < -0.3 is 14.8 Å². The van der Waals surface area contributed by atoms with Crippen LogP contribution < -0.4 is 10.1 Å². The number of anilines is 1. The van der Waals surface area contributed by atoms with Crippen LogP contribution in [0.25, 0.3) is 0 Å². The van der Waals surface area contributed by atoms with Crippen molar-refractivity contribution in [2.75, 3.05) is 37.8 Å². The van der Waals surface area contributed by atoms with Gasteiger partial charge in [0, 0.05) is 19.6 Å². The van der Waals surface area contributed by atoms with Crippen molar-refractivity contribution in [3.05, 3.63) is 28.3 Å². The number of nitrogens with zero attached hydrogens (tertiary/aromatic N) is 2. The van der Waals surface area contributed by atoms with Crippen molar-refractivity contribution >= 4 is 21.4 Å².